The van der Waals surface area contributed by atoms with Crippen molar-refractivity contribution >= 4 is 5.91 Å². The van der Waals surface area contributed by atoms with Gasteiger partial charge in [-0.1, -0.05) is 58.1 Å². The lowest BCUT2D eigenvalue weighted by molar-refractivity contribution is 0.0953. The zero-order chi connectivity index (χ0) is 14.6. The maximum Gasteiger partial charge on any atom is 0.251 e. The molecule has 1 N–H and O–H groups in total. The molecule has 0 unspecified atom stereocenters. The first-order valence-corrected chi connectivity index (χ1v) is 8.15. The van der Waals surface area contributed by atoms with Gasteiger partial charge in [0.25, 0.3) is 5.91 Å². The highest BCUT2D eigenvalue weighted by molar-refractivity contribution is 5.94. The highest BCUT2D eigenvalue weighted by atomic mass is 16.1. The fourth-order valence-corrected chi connectivity index (χ4v) is 2.30. The van der Waals surface area contributed by atoms with Crippen LogP contribution in [0.2, 0.25) is 0 Å². The van der Waals surface area contributed by atoms with E-state index in [0.717, 1.165) is 24.9 Å². The molecule has 1 rings (SSSR count). The molecule has 1 aromatic carbocycles. The molecule has 0 saturated heterocycles. The Morgan fingerprint density at radius 3 is 2.50 bits per heavy atom. The van der Waals surface area contributed by atoms with Crippen LogP contribution < -0.4 is 5.32 Å². The van der Waals surface area contributed by atoms with Crippen LogP contribution in [-0.4, -0.2) is 12.5 Å². The van der Waals surface area contributed by atoms with Crippen molar-refractivity contribution in [3.63, 3.8) is 0 Å². The third-order valence-corrected chi connectivity index (χ3v) is 3.57. The fraction of sp³-hybridized carbons (Fsp3) is 0.611. The first-order chi connectivity index (χ1) is 9.77. The van der Waals surface area contributed by atoms with Gasteiger partial charge in [-0.2, -0.15) is 0 Å². The fourth-order valence-electron chi connectivity index (χ4n) is 2.30. The van der Waals surface area contributed by atoms with Crippen LogP contribution in [0.15, 0.2) is 24.3 Å². The smallest absolute Gasteiger partial charge is 0.251 e. The van der Waals surface area contributed by atoms with E-state index in [-0.39, 0.29) is 5.91 Å². The highest BCUT2D eigenvalue weighted by Crippen LogP contribution is 2.10. The van der Waals surface area contributed by atoms with Crippen LogP contribution in [-0.2, 0) is 6.42 Å². The van der Waals surface area contributed by atoms with Crippen LogP contribution in [0.5, 0.6) is 0 Å². The lowest BCUT2D eigenvalue weighted by Crippen LogP contribution is -2.24. The van der Waals surface area contributed by atoms with Gasteiger partial charge in [-0.05, 0) is 37.0 Å². The number of unbranched alkanes of at least 4 members (excludes halogenated alkanes) is 5. The van der Waals surface area contributed by atoms with E-state index >= 15 is 0 Å². The largest absolute Gasteiger partial charge is 0.352 e. The number of rotatable bonds is 10. The Labute approximate surface area is 124 Å². The molecule has 2 nitrogen and oxygen atoms in total. The minimum atomic E-state index is 0.0684. The second kappa shape index (κ2) is 10.5. The van der Waals surface area contributed by atoms with E-state index in [1.54, 1.807) is 0 Å². The van der Waals surface area contributed by atoms with E-state index in [1.165, 1.54) is 44.1 Å². The Morgan fingerprint density at radius 2 is 1.75 bits per heavy atom. The number of benzene rings is 1. The van der Waals surface area contributed by atoms with Crippen molar-refractivity contribution in [2.75, 3.05) is 6.54 Å². The van der Waals surface area contributed by atoms with Crippen LogP contribution in [0.3, 0.4) is 0 Å². The molecule has 0 bridgehead atoms. The summed E-state index contributed by atoms with van der Waals surface area (Å²) in [4.78, 5) is 12.0. The van der Waals surface area contributed by atoms with Gasteiger partial charge in [-0.15, -0.1) is 0 Å². The number of hydrogen-bond donors (Lipinski definition) is 1. The summed E-state index contributed by atoms with van der Waals surface area (Å²) >= 11 is 0. The van der Waals surface area contributed by atoms with Crippen LogP contribution in [0.1, 0.15) is 74.7 Å². The molecule has 0 aliphatic carbocycles. The molecule has 1 amide bonds. The molecule has 0 radical (unpaired) electrons. The molecular weight excluding hydrogens is 246 g/mol. The van der Waals surface area contributed by atoms with Gasteiger partial charge in [-0.3, -0.25) is 4.79 Å². The average molecular weight is 275 g/mol. The average Bonchev–Trinajstić information content (AvgIpc) is 2.47. The van der Waals surface area contributed by atoms with Crippen molar-refractivity contribution in [3.8, 4) is 0 Å². The summed E-state index contributed by atoms with van der Waals surface area (Å²) in [6.07, 6.45) is 9.54. The number of carbonyl (C=O) groups is 1. The predicted molar refractivity (Wildman–Crippen MR) is 86.1 cm³/mol. The van der Waals surface area contributed by atoms with Crippen molar-refractivity contribution in [1.82, 2.24) is 5.32 Å². The number of amides is 1. The van der Waals surface area contributed by atoms with Gasteiger partial charge < -0.3 is 5.32 Å². The van der Waals surface area contributed by atoms with E-state index < -0.39 is 0 Å². The van der Waals surface area contributed by atoms with Crippen molar-refractivity contribution in [2.24, 2.45) is 0 Å². The SMILES string of the molecule is CCCCCCNC(=O)c1cccc(CCCCC)c1. The normalized spacial score (nSPS) is 10.5. The van der Waals surface area contributed by atoms with Crippen molar-refractivity contribution in [1.29, 1.82) is 0 Å². The number of nitrogens with one attached hydrogen (secondary N) is 1. The van der Waals surface area contributed by atoms with E-state index in [1.807, 2.05) is 18.2 Å². The molecule has 112 valence electrons. The van der Waals surface area contributed by atoms with Crippen LogP contribution in [0.25, 0.3) is 0 Å². The van der Waals surface area contributed by atoms with Gasteiger partial charge in [0.1, 0.15) is 0 Å². The Morgan fingerprint density at radius 1 is 1.00 bits per heavy atom. The zero-order valence-corrected chi connectivity index (χ0v) is 13.1. The molecule has 2 heteroatoms. The maximum absolute atomic E-state index is 12.0. The molecule has 0 spiro atoms. The molecule has 0 aliphatic heterocycles. The van der Waals surface area contributed by atoms with Gasteiger partial charge in [0.05, 0.1) is 0 Å². The summed E-state index contributed by atoms with van der Waals surface area (Å²) in [7, 11) is 0. The third kappa shape index (κ3) is 6.74. The van der Waals surface area contributed by atoms with Gasteiger partial charge in [0, 0.05) is 12.1 Å². The Hall–Kier alpha value is -1.31. The second-order valence-corrected chi connectivity index (χ2v) is 5.47. The molecule has 0 fully saturated rings. The zero-order valence-electron chi connectivity index (χ0n) is 13.1. The van der Waals surface area contributed by atoms with Crippen molar-refractivity contribution in [2.45, 2.75) is 65.2 Å². The third-order valence-electron chi connectivity index (χ3n) is 3.57. The Bertz CT molecular complexity index is 387. The second-order valence-electron chi connectivity index (χ2n) is 5.47. The molecule has 0 aromatic heterocycles. The minimum absolute atomic E-state index is 0.0684. The summed E-state index contributed by atoms with van der Waals surface area (Å²) in [5.74, 6) is 0.0684. The van der Waals surface area contributed by atoms with E-state index in [0.29, 0.717) is 0 Å². The lowest BCUT2D eigenvalue weighted by atomic mass is 10.0. The Kier molecular flexibility index (Phi) is 8.77. The topological polar surface area (TPSA) is 29.1 Å². The molecule has 0 heterocycles. The number of hydrogen-bond acceptors (Lipinski definition) is 1. The van der Waals surface area contributed by atoms with Gasteiger partial charge in [0.2, 0.25) is 0 Å². The highest BCUT2D eigenvalue weighted by Gasteiger charge is 2.05. The molecule has 20 heavy (non-hydrogen) atoms. The van der Waals surface area contributed by atoms with Gasteiger partial charge in [-0.25, -0.2) is 0 Å². The summed E-state index contributed by atoms with van der Waals surface area (Å²) in [6.45, 7) is 5.20. The number of carbonyl (C=O) groups excluding carboxylic acids is 1. The quantitative estimate of drug-likeness (QED) is 0.614. The van der Waals surface area contributed by atoms with Gasteiger partial charge >= 0.3 is 0 Å². The molecule has 1 aromatic rings. The molecular formula is C18H29NO. The van der Waals surface area contributed by atoms with E-state index in [4.69, 9.17) is 0 Å². The van der Waals surface area contributed by atoms with Crippen molar-refractivity contribution < 1.29 is 4.79 Å². The van der Waals surface area contributed by atoms with E-state index in [9.17, 15) is 4.79 Å². The number of aryl methyl sites for hydroxylation is 1. The van der Waals surface area contributed by atoms with Gasteiger partial charge in [0.15, 0.2) is 0 Å². The summed E-state index contributed by atoms with van der Waals surface area (Å²) < 4.78 is 0. The standard InChI is InChI=1S/C18H29NO/c1-3-5-7-9-14-19-18(20)17-13-10-12-16(15-17)11-8-6-4-2/h10,12-13,15H,3-9,11,14H2,1-2H3,(H,19,20). The summed E-state index contributed by atoms with van der Waals surface area (Å²) in [5, 5.41) is 3.01. The predicted octanol–water partition coefficient (Wildman–Crippen LogP) is 4.73. The molecule has 0 saturated carbocycles. The van der Waals surface area contributed by atoms with E-state index in [2.05, 4.69) is 25.2 Å². The van der Waals surface area contributed by atoms with Crippen LogP contribution in [0, 0.1) is 0 Å². The first kappa shape index (κ1) is 16.7. The monoisotopic (exact) mass is 275 g/mol. The van der Waals surface area contributed by atoms with Crippen molar-refractivity contribution in [3.05, 3.63) is 35.4 Å². The molecule has 0 atom stereocenters. The summed E-state index contributed by atoms with van der Waals surface area (Å²) in [6, 6.07) is 8.06. The van der Waals surface area contributed by atoms with Crippen LogP contribution >= 0.6 is 0 Å². The summed E-state index contributed by atoms with van der Waals surface area (Å²) in [5.41, 5.74) is 2.08. The minimum Gasteiger partial charge on any atom is -0.352 e. The first-order valence-electron chi connectivity index (χ1n) is 8.15. The molecule has 0 aliphatic rings. The maximum atomic E-state index is 12.0. The van der Waals surface area contributed by atoms with Crippen LogP contribution in [0.4, 0.5) is 0 Å². The lowest BCUT2D eigenvalue weighted by Gasteiger charge is -2.07. The Balaban J connectivity index is 2.37.